The summed E-state index contributed by atoms with van der Waals surface area (Å²) in [6.07, 6.45) is 1.71. The van der Waals surface area contributed by atoms with Gasteiger partial charge in [-0.1, -0.05) is 84.9 Å². The van der Waals surface area contributed by atoms with Crippen molar-refractivity contribution in [2.75, 3.05) is 0 Å². The van der Waals surface area contributed by atoms with Crippen molar-refractivity contribution in [2.24, 2.45) is 0 Å². The Kier molecular flexibility index (Phi) is 7.00. The second-order valence-electron chi connectivity index (χ2n) is 10.4. The maximum Gasteiger partial charge on any atom is 0.347 e. The van der Waals surface area contributed by atoms with Crippen molar-refractivity contribution in [1.29, 1.82) is 0 Å². The number of Topliss-reactive ketones (excluding diaryl/α,β-unsaturated/α-hetero) is 1. The second-order valence-corrected chi connectivity index (χ2v) is 10.4. The Labute approximate surface area is 253 Å². The normalized spacial score (nSPS) is 13.1. The molecule has 1 aliphatic heterocycles. The molecule has 6 nitrogen and oxygen atoms in total. The van der Waals surface area contributed by atoms with E-state index in [2.05, 4.69) is 0 Å². The predicted octanol–water partition coefficient (Wildman–Crippen LogP) is 8.82. The van der Waals surface area contributed by atoms with Gasteiger partial charge in [0.15, 0.2) is 5.76 Å². The first kappa shape index (κ1) is 27.0. The lowest BCUT2D eigenvalue weighted by atomic mass is 10.0. The van der Waals surface area contributed by atoms with Gasteiger partial charge in [-0.05, 0) is 65.6 Å². The van der Waals surface area contributed by atoms with Crippen molar-refractivity contribution < 1.29 is 28.2 Å². The molecule has 6 heteroatoms. The number of aryl methyl sites for hydroxylation is 1. The summed E-state index contributed by atoms with van der Waals surface area (Å²) < 4.78 is 23.4. The molecule has 0 radical (unpaired) electrons. The number of hydrogen-bond donors (Lipinski definition) is 0. The topological polar surface area (TPSA) is 75.0 Å². The fourth-order valence-corrected chi connectivity index (χ4v) is 5.23. The number of carbonyl (C=O) groups excluding carboxylic acids is 2. The molecule has 7 rings (SSSR count). The summed E-state index contributed by atoms with van der Waals surface area (Å²) in [5, 5.41) is 0.592. The smallest absolute Gasteiger partial charge is 0.347 e. The molecule has 1 aliphatic rings. The molecule has 44 heavy (non-hydrogen) atoms. The fourth-order valence-electron chi connectivity index (χ4n) is 5.23. The Morgan fingerprint density at radius 2 is 1.48 bits per heavy atom. The lowest BCUT2D eigenvalue weighted by molar-refractivity contribution is 0.0734. The van der Waals surface area contributed by atoms with Gasteiger partial charge in [-0.3, -0.25) is 4.79 Å². The molecule has 0 amide bonds. The van der Waals surface area contributed by atoms with E-state index in [-0.39, 0.29) is 17.3 Å². The number of ether oxygens (including phenoxy) is 3. The second kappa shape index (κ2) is 11.4. The predicted molar refractivity (Wildman–Crippen MR) is 168 cm³/mol. The van der Waals surface area contributed by atoms with E-state index in [1.807, 2.05) is 84.9 Å². The van der Waals surface area contributed by atoms with Crippen LogP contribution in [0.25, 0.3) is 28.2 Å². The standard InChI is InChI=1S/C38H26O6/c1-24-36(32-21-29(17-19-33(32)42-24)41-23-26-8-4-2-5-9-26)38(40)43-30-16-18-31-34(22-30)44-35(37(31)39)20-25-12-14-28(15-13-25)27-10-6-3-7-11-27/h2-22H,23H2,1H3. The first-order valence-electron chi connectivity index (χ1n) is 14.2. The lowest BCUT2D eigenvalue weighted by Gasteiger charge is -2.07. The maximum atomic E-state index is 13.4. The first-order chi connectivity index (χ1) is 21.5. The number of esters is 1. The Morgan fingerprint density at radius 3 is 2.25 bits per heavy atom. The molecule has 0 unspecified atom stereocenters. The van der Waals surface area contributed by atoms with Gasteiger partial charge in [-0.25, -0.2) is 4.79 Å². The van der Waals surface area contributed by atoms with Crippen molar-refractivity contribution in [3.8, 4) is 28.4 Å². The summed E-state index contributed by atoms with van der Waals surface area (Å²) >= 11 is 0. The minimum absolute atomic E-state index is 0.204. The third-order valence-electron chi connectivity index (χ3n) is 7.46. The van der Waals surface area contributed by atoms with Gasteiger partial charge in [0.05, 0.1) is 5.56 Å². The van der Waals surface area contributed by atoms with Crippen molar-refractivity contribution in [1.82, 2.24) is 0 Å². The number of hydrogen-bond acceptors (Lipinski definition) is 6. The van der Waals surface area contributed by atoms with E-state index < -0.39 is 5.97 Å². The van der Waals surface area contributed by atoms with Crippen LogP contribution in [0.3, 0.4) is 0 Å². The summed E-state index contributed by atoms with van der Waals surface area (Å²) in [5.41, 5.74) is 5.33. The Bertz CT molecular complexity index is 2040. The van der Waals surface area contributed by atoms with E-state index in [0.29, 0.717) is 46.0 Å². The summed E-state index contributed by atoms with van der Waals surface area (Å²) in [5.74, 6) is 1.01. The number of fused-ring (bicyclic) bond motifs is 2. The van der Waals surface area contributed by atoms with Crippen LogP contribution < -0.4 is 14.2 Å². The average Bonchev–Trinajstić information content (AvgIpc) is 3.55. The quantitative estimate of drug-likeness (QED) is 0.107. The molecule has 0 spiro atoms. The van der Waals surface area contributed by atoms with Gasteiger partial charge in [-0.2, -0.15) is 0 Å². The van der Waals surface area contributed by atoms with Gasteiger partial charge < -0.3 is 18.6 Å². The van der Waals surface area contributed by atoms with Crippen LogP contribution in [0.1, 0.15) is 37.6 Å². The Balaban J connectivity index is 1.07. The summed E-state index contributed by atoms with van der Waals surface area (Å²) in [7, 11) is 0. The molecule has 6 aromatic rings. The molecule has 2 heterocycles. The molecule has 0 atom stereocenters. The van der Waals surface area contributed by atoms with Gasteiger partial charge in [0.25, 0.3) is 0 Å². The Hall–Kier alpha value is -5.88. The van der Waals surface area contributed by atoms with Crippen LogP contribution >= 0.6 is 0 Å². The van der Waals surface area contributed by atoms with Gasteiger partial charge >= 0.3 is 5.97 Å². The van der Waals surface area contributed by atoms with Gasteiger partial charge in [0, 0.05) is 11.5 Å². The van der Waals surface area contributed by atoms with Gasteiger partial charge in [0.1, 0.15) is 40.8 Å². The molecule has 0 aliphatic carbocycles. The average molecular weight is 579 g/mol. The van der Waals surface area contributed by atoms with Crippen molar-refractivity contribution >= 4 is 28.8 Å². The van der Waals surface area contributed by atoms with E-state index in [1.54, 1.807) is 49.4 Å². The number of ketones is 1. The minimum atomic E-state index is -0.583. The van der Waals surface area contributed by atoms with E-state index in [9.17, 15) is 9.59 Å². The molecule has 0 N–H and O–H groups in total. The van der Waals surface area contributed by atoms with Gasteiger partial charge in [-0.15, -0.1) is 0 Å². The van der Waals surface area contributed by atoms with E-state index in [1.165, 1.54) is 0 Å². The number of allylic oxidation sites excluding steroid dienone is 1. The maximum absolute atomic E-state index is 13.4. The number of carbonyl (C=O) groups is 2. The molecule has 0 saturated heterocycles. The SMILES string of the molecule is Cc1oc2ccc(OCc3ccccc3)cc2c1C(=O)Oc1ccc2c(c1)OC(=Cc1ccc(-c3ccccc3)cc1)C2=O. The zero-order valence-corrected chi connectivity index (χ0v) is 23.8. The van der Waals surface area contributed by atoms with Gasteiger partial charge in [0.2, 0.25) is 5.78 Å². The molecular formula is C38H26O6. The summed E-state index contributed by atoms with van der Waals surface area (Å²) in [6, 6.07) is 37.9. The molecule has 0 saturated carbocycles. The highest BCUT2D eigenvalue weighted by molar-refractivity contribution is 6.14. The summed E-state index contributed by atoms with van der Waals surface area (Å²) in [6.45, 7) is 2.11. The van der Waals surface area contributed by atoms with E-state index in [0.717, 1.165) is 22.3 Å². The zero-order chi connectivity index (χ0) is 30.0. The third kappa shape index (κ3) is 5.37. The van der Waals surface area contributed by atoms with Crippen LogP contribution in [0.4, 0.5) is 0 Å². The van der Waals surface area contributed by atoms with Crippen molar-refractivity contribution in [3.63, 3.8) is 0 Å². The Morgan fingerprint density at radius 1 is 0.773 bits per heavy atom. The number of rotatable bonds is 7. The van der Waals surface area contributed by atoms with Crippen LogP contribution in [-0.2, 0) is 6.61 Å². The van der Waals surface area contributed by atoms with Crippen LogP contribution in [-0.4, -0.2) is 11.8 Å². The highest BCUT2D eigenvalue weighted by atomic mass is 16.5. The first-order valence-corrected chi connectivity index (χ1v) is 14.2. The van der Waals surface area contributed by atoms with Crippen LogP contribution in [0.5, 0.6) is 17.2 Å². The highest BCUT2D eigenvalue weighted by Crippen LogP contribution is 2.36. The highest BCUT2D eigenvalue weighted by Gasteiger charge is 2.29. The van der Waals surface area contributed by atoms with Crippen molar-refractivity contribution in [3.05, 3.63) is 155 Å². The lowest BCUT2D eigenvalue weighted by Crippen LogP contribution is -2.09. The van der Waals surface area contributed by atoms with Crippen molar-refractivity contribution in [2.45, 2.75) is 13.5 Å². The van der Waals surface area contributed by atoms with Crippen LogP contribution in [0.2, 0.25) is 0 Å². The van der Waals surface area contributed by atoms with Crippen LogP contribution in [0.15, 0.2) is 132 Å². The number of furan rings is 1. The largest absolute Gasteiger partial charge is 0.489 e. The summed E-state index contributed by atoms with van der Waals surface area (Å²) in [4.78, 5) is 26.4. The minimum Gasteiger partial charge on any atom is -0.489 e. The zero-order valence-electron chi connectivity index (χ0n) is 23.8. The third-order valence-corrected chi connectivity index (χ3v) is 7.46. The molecule has 1 aromatic heterocycles. The molecule has 0 bridgehead atoms. The van der Waals surface area contributed by atoms with E-state index >= 15 is 0 Å². The monoisotopic (exact) mass is 578 g/mol. The number of benzene rings is 5. The molecule has 0 fully saturated rings. The molecule has 214 valence electrons. The fraction of sp³-hybridized carbons (Fsp3) is 0.0526. The van der Waals surface area contributed by atoms with E-state index in [4.69, 9.17) is 18.6 Å². The van der Waals surface area contributed by atoms with Crippen LogP contribution in [0, 0.1) is 6.92 Å². The molecular weight excluding hydrogens is 552 g/mol. The molecule has 5 aromatic carbocycles.